The minimum atomic E-state index is -4.70. The minimum absolute atomic E-state index is 0.242. The zero-order valence-corrected chi connectivity index (χ0v) is 14.9. The van der Waals surface area contributed by atoms with E-state index in [1.165, 1.54) is 24.3 Å². The van der Waals surface area contributed by atoms with Gasteiger partial charge in [0.2, 0.25) is 0 Å². The Morgan fingerprint density at radius 1 is 1.07 bits per heavy atom. The van der Waals surface area contributed by atoms with E-state index in [1.807, 2.05) is 31.2 Å². The Morgan fingerprint density at radius 3 is 2.37 bits per heavy atom. The molecule has 3 N–H and O–H groups in total. The third-order valence-electron chi connectivity index (χ3n) is 3.63. The zero-order valence-electron chi connectivity index (χ0n) is 14.9. The van der Waals surface area contributed by atoms with Gasteiger partial charge in [-0.1, -0.05) is 36.4 Å². The number of nitrogens with two attached hydrogens (primary N) is 1. The molecule has 27 heavy (non-hydrogen) atoms. The van der Waals surface area contributed by atoms with Gasteiger partial charge in [-0.25, -0.2) is 4.99 Å². The topological polar surface area (TPSA) is 68.9 Å². The van der Waals surface area contributed by atoms with E-state index < -0.39 is 6.36 Å². The predicted molar refractivity (Wildman–Crippen MR) is 97.1 cm³/mol. The van der Waals surface area contributed by atoms with Crippen molar-refractivity contribution in [2.75, 3.05) is 6.61 Å². The second-order valence-electron chi connectivity index (χ2n) is 5.65. The van der Waals surface area contributed by atoms with Crippen molar-refractivity contribution in [3.63, 3.8) is 0 Å². The molecule has 146 valence electrons. The SMILES string of the molecule is CCOCc1ccccc1CNC(N)=NCc1ccc(OC(F)(F)F)cc1. The van der Waals surface area contributed by atoms with E-state index >= 15 is 0 Å². The summed E-state index contributed by atoms with van der Waals surface area (Å²) in [5.74, 6) is -0.0240. The van der Waals surface area contributed by atoms with Crippen LogP contribution in [0.3, 0.4) is 0 Å². The molecule has 0 unspecified atom stereocenters. The highest BCUT2D eigenvalue weighted by Gasteiger charge is 2.30. The van der Waals surface area contributed by atoms with Crippen molar-refractivity contribution in [3.8, 4) is 5.75 Å². The number of nitrogens with zero attached hydrogens (tertiary/aromatic N) is 1. The van der Waals surface area contributed by atoms with Gasteiger partial charge in [0.25, 0.3) is 0 Å². The van der Waals surface area contributed by atoms with E-state index in [2.05, 4.69) is 15.0 Å². The van der Waals surface area contributed by atoms with Gasteiger partial charge >= 0.3 is 6.36 Å². The van der Waals surface area contributed by atoms with Gasteiger partial charge in [0.15, 0.2) is 5.96 Å². The van der Waals surface area contributed by atoms with Crippen LogP contribution >= 0.6 is 0 Å². The lowest BCUT2D eigenvalue weighted by Gasteiger charge is -2.11. The van der Waals surface area contributed by atoms with Crippen LogP contribution in [-0.2, 0) is 24.4 Å². The van der Waals surface area contributed by atoms with Crippen molar-refractivity contribution in [1.82, 2.24) is 5.32 Å². The van der Waals surface area contributed by atoms with Crippen LogP contribution in [0.5, 0.6) is 5.75 Å². The number of hydrogen-bond donors (Lipinski definition) is 2. The number of hydrogen-bond acceptors (Lipinski definition) is 3. The van der Waals surface area contributed by atoms with Crippen molar-refractivity contribution >= 4 is 5.96 Å². The third-order valence-corrected chi connectivity index (χ3v) is 3.63. The molecule has 0 aromatic heterocycles. The number of guanidine groups is 1. The molecule has 0 amide bonds. The smallest absolute Gasteiger partial charge is 0.406 e. The summed E-state index contributed by atoms with van der Waals surface area (Å²) in [7, 11) is 0. The standard InChI is InChI=1S/C19H22F3N3O2/c1-2-26-13-16-6-4-3-5-15(16)12-25-18(23)24-11-14-7-9-17(10-8-14)27-19(20,21)22/h3-10H,2,11-13H2,1H3,(H3,23,24,25). The molecule has 2 aromatic rings. The van der Waals surface area contributed by atoms with Gasteiger partial charge in [0.1, 0.15) is 5.75 Å². The lowest BCUT2D eigenvalue weighted by molar-refractivity contribution is -0.274. The summed E-state index contributed by atoms with van der Waals surface area (Å²) in [6.45, 7) is 3.84. The molecule has 0 heterocycles. The van der Waals surface area contributed by atoms with Crippen molar-refractivity contribution in [2.45, 2.75) is 33.0 Å². The first-order chi connectivity index (χ1) is 12.9. The van der Waals surface area contributed by atoms with Gasteiger partial charge in [-0.3, -0.25) is 0 Å². The van der Waals surface area contributed by atoms with Gasteiger partial charge < -0.3 is 20.5 Å². The van der Waals surface area contributed by atoms with Crippen LogP contribution in [0.2, 0.25) is 0 Å². The van der Waals surface area contributed by atoms with E-state index in [0.717, 1.165) is 11.1 Å². The number of ether oxygens (including phenoxy) is 2. The van der Waals surface area contributed by atoms with Gasteiger partial charge in [0, 0.05) is 13.2 Å². The summed E-state index contributed by atoms with van der Waals surface area (Å²) < 4.78 is 45.7. The Hall–Kier alpha value is -2.74. The first-order valence-corrected chi connectivity index (χ1v) is 8.40. The highest BCUT2D eigenvalue weighted by molar-refractivity contribution is 5.77. The molecule has 0 fully saturated rings. The number of rotatable bonds is 8. The quantitative estimate of drug-likeness (QED) is 0.540. The molecule has 0 spiro atoms. The lowest BCUT2D eigenvalue weighted by atomic mass is 10.1. The van der Waals surface area contributed by atoms with Crippen LogP contribution in [-0.4, -0.2) is 18.9 Å². The summed E-state index contributed by atoms with van der Waals surface area (Å²) in [4.78, 5) is 4.19. The normalized spacial score (nSPS) is 12.1. The van der Waals surface area contributed by atoms with Crippen LogP contribution < -0.4 is 15.8 Å². The Kier molecular flexibility index (Phi) is 7.48. The van der Waals surface area contributed by atoms with Crippen LogP contribution in [0.25, 0.3) is 0 Å². The van der Waals surface area contributed by atoms with E-state index in [9.17, 15) is 13.2 Å². The summed E-state index contributed by atoms with van der Waals surface area (Å²) in [6, 6.07) is 13.4. The molecule has 0 aliphatic heterocycles. The minimum Gasteiger partial charge on any atom is -0.406 e. The van der Waals surface area contributed by atoms with Crippen molar-refractivity contribution < 1.29 is 22.6 Å². The zero-order chi connectivity index (χ0) is 19.7. The molecule has 0 saturated heterocycles. The number of benzene rings is 2. The molecule has 0 aliphatic rings. The molecule has 5 nitrogen and oxygen atoms in total. The van der Waals surface area contributed by atoms with Crippen LogP contribution in [0, 0.1) is 0 Å². The van der Waals surface area contributed by atoms with E-state index in [-0.39, 0.29) is 18.3 Å². The molecule has 2 aromatic carbocycles. The fraction of sp³-hybridized carbons (Fsp3) is 0.316. The second-order valence-corrected chi connectivity index (χ2v) is 5.65. The summed E-state index contributed by atoms with van der Waals surface area (Å²) in [5, 5.41) is 3.03. The molecule has 0 atom stereocenters. The summed E-state index contributed by atoms with van der Waals surface area (Å²) in [6.07, 6.45) is -4.70. The first kappa shape index (κ1) is 20.6. The van der Waals surface area contributed by atoms with Crippen LogP contribution in [0.15, 0.2) is 53.5 Å². The molecule has 0 radical (unpaired) electrons. The Labute approximate surface area is 156 Å². The molecule has 2 rings (SSSR count). The van der Waals surface area contributed by atoms with Crippen LogP contribution in [0.1, 0.15) is 23.6 Å². The number of nitrogens with one attached hydrogen (secondary N) is 1. The molecule has 0 aliphatic carbocycles. The molecule has 0 saturated carbocycles. The highest BCUT2D eigenvalue weighted by atomic mass is 19.4. The lowest BCUT2D eigenvalue weighted by Crippen LogP contribution is -2.31. The van der Waals surface area contributed by atoms with Crippen LogP contribution in [0.4, 0.5) is 13.2 Å². The largest absolute Gasteiger partial charge is 0.573 e. The molecule has 0 bridgehead atoms. The average molecular weight is 381 g/mol. The third kappa shape index (κ3) is 7.57. The monoisotopic (exact) mass is 381 g/mol. The Morgan fingerprint density at radius 2 is 1.74 bits per heavy atom. The number of aliphatic imine (C=N–C) groups is 1. The molecular weight excluding hydrogens is 359 g/mol. The van der Waals surface area contributed by atoms with Gasteiger partial charge in [-0.05, 0) is 35.7 Å². The average Bonchev–Trinajstić information content (AvgIpc) is 2.63. The molecular formula is C19H22F3N3O2. The van der Waals surface area contributed by atoms with Crippen molar-refractivity contribution in [3.05, 3.63) is 65.2 Å². The van der Waals surface area contributed by atoms with E-state index in [4.69, 9.17) is 10.5 Å². The maximum absolute atomic E-state index is 12.1. The van der Waals surface area contributed by atoms with Crippen molar-refractivity contribution in [1.29, 1.82) is 0 Å². The maximum atomic E-state index is 12.1. The van der Waals surface area contributed by atoms with Gasteiger partial charge in [0.05, 0.1) is 13.2 Å². The second kappa shape index (κ2) is 9.82. The molecule has 8 heteroatoms. The van der Waals surface area contributed by atoms with E-state index in [1.54, 1.807) is 0 Å². The fourth-order valence-corrected chi connectivity index (χ4v) is 2.30. The fourth-order valence-electron chi connectivity index (χ4n) is 2.30. The predicted octanol–water partition coefficient (Wildman–Crippen LogP) is 3.73. The van der Waals surface area contributed by atoms with Gasteiger partial charge in [-0.2, -0.15) is 0 Å². The van der Waals surface area contributed by atoms with Crippen molar-refractivity contribution in [2.24, 2.45) is 10.7 Å². The first-order valence-electron chi connectivity index (χ1n) is 8.40. The number of halogens is 3. The summed E-state index contributed by atoms with van der Waals surface area (Å²) >= 11 is 0. The highest BCUT2D eigenvalue weighted by Crippen LogP contribution is 2.22. The number of alkyl halides is 3. The Balaban J connectivity index is 1.88. The van der Waals surface area contributed by atoms with E-state index in [0.29, 0.717) is 25.3 Å². The maximum Gasteiger partial charge on any atom is 0.573 e. The Bertz CT molecular complexity index is 747. The van der Waals surface area contributed by atoms with Gasteiger partial charge in [-0.15, -0.1) is 13.2 Å². The summed E-state index contributed by atoms with van der Waals surface area (Å²) in [5.41, 5.74) is 8.70.